The summed E-state index contributed by atoms with van der Waals surface area (Å²) in [5.74, 6) is -0.128. The van der Waals surface area contributed by atoms with Crippen LogP contribution in [0.4, 0.5) is 0 Å². The first kappa shape index (κ1) is 15.9. The molecule has 0 saturated carbocycles. The summed E-state index contributed by atoms with van der Waals surface area (Å²) in [6, 6.07) is 12.7. The molecule has 0 fully saturated rings. The number of phenols is 1. The van der Waals surface area contributed by atoms with E-state index in [4.69, 9.17) is 4.74 Å². The van der Waals surface area contributed by atoms with Crippen molar-refractivity contribution in [2.75, 3.05) is 13.7 Å². The van der Waals surface area contributed by atoms with Gasteiger partial charge in [0.2, 0.25) is 6.54 Å². The van der Waals surface area contributed by atoms with E-state index in [1.54, 1.807) is 12.1 Å². The third kappa shape index (κ3) is 2.78. The van der Waals surface area contributed by atoms with E-state index in [-0.39, 0.29) is 17.2 Å². The minimum Gasteiger partial charge on any atom is -0.504 e. The quantitative estimate of drug-likeness (QED) is 0.576. The van der Waals surface area contributed by atoms with Crippen LogP contribution < -0.4 is 4.74 Å². The number of rotatable bonds is 5. The number of aromatic hydroxyl groups is 1. The van der Waals surface area contributed by atoms with E-state index in [2.05, 4.69) is 0 Å². The largest absolute Gasteiger partial charge is 0.504 e. The number of phenolic OH excluding ortho intramolecular Hbond substituents is 1. The molecule has 0 amide bonds. The summed E-state index contributed by atoms with van der Waals surface area (Å²) in [5.41, 5.74) is 3.58. The van der Waals surface area contributed by atoms with Crippen LogP contribution in [0.5, 0.6) is 11.5 Å². The molecule has 3 aromatic rings. The maximum atomic E-state index is 11.3. The normalized spacial score (nSPS) is 12.2. The molecule has 0 aliphatic rings. The van der Waals surface area contributed by atoms with Crippen molar-refractivity contribution in [3.8, 4) is 11.5 Å². The fourth-order valence-corrected chi connectivity index (χ4v) is 3.13. The zero-order valence-electron chi connectivity index (χ0n) is 13.5. The highest BCUT2D eigenvalue weighted by molar-refractivity contribution is 5.56. The van der Waals surface area contributed by atoms with Gasteiger partial charge in [0.15, 0.2) is 11.5 Å². The van der Waals surface area contributed by atoms with E-state index < -0.39 is 5.92 Å². The Morgan fingerprint density at radius 2 is 2.08 bits per heavy atom. The SMILES string of the molecule is COc1cc([C@@H](C[N+](=O)[O-])c2c(C)cc3ccccn23)ccc1O. The van der Waals surface area contributed by atoms with E-state index in [0.717, 1.165) is 22.3 Å². The molecule has 0 unspecified atom stereocenters. The Hall–Kier alpha value is -3.02. The standard InChI is InChI=1S/C18H18N2O4/c1-12-9-14-5-3-4-8-19(14)18(12)15(11-20(22)23)13-6-7-16(21)17(10-13)24-2/h3-10,15,21H,11H2,1-2H3/t15-/m1/s1. The van der Waals surface area contributed by atoms with Gasteiger partial charge in [-0.1, -0.05) is 12.1 Å². The molecular weight excluding hydrogens is 308 g/mol. The summed E-state index contributed by atoms with van der Waals surface area (Å²) in [6.45, 7) is 1.71. The number of hydrogen-bond donors (Lipinski definition) is 1. The second kappa shape index (κ2) is 6.23. The molecule has 6 nitrogen and oxygen atoms in total. The van der Waals surface area contributed by atoms with Crippen molar-refractivity contribution in [3.63, 3.8) is 0 Å². The molecule has 1 N–H and O–H groups in total. The third-order valence-electron chi connectivity index (χ3n) is 4.19. The Morgan fingerprint density at radius 1 is 1.29 bits per heavy atom. The van der Waals surface area contributed by atoms with Gasteiger partial charge in [-0.2, -0.15) is 0 Å². The fraction of sp³-hybridized carbons (Fsp3) is 0.222. The van der Waals surface area contributed by atoms with Gasteiger partial charge in [-0.25, -0.2) is 0 Å². The van der Waals surface area contributed by atoms with Gasteiger partial charge in [0.1, 0.15) is 0 Å². The lowest BCUT2D eigenvalue weighted by Crippen LogP contribution is -2.16. The Morgan fingerprint density at radius 3 is 2.79 bits per heavy atom. The summed E-state index contributed by atoms with van der Waals surface area (Å²) in [6.07, 6.45) is 1.91. The maximum Gasteiger partial charge on any atom is 0.216 e. The smallest absolute Gasteiger partial charge is 0.216 e. The van der Waals surface area contributed by atoms with Crippen LogP contribution in [0.2, 0.25) is 0 Å². The van der Waals surface area contributed by atoms with Crippen LogP contribution in [0.3, 0.4) is 0 Å². The van der Waals surface area contributed by atoms with Crippen LogP contribution in [0.1, 0.15) is 22.7 Å². The number of benzene rings is 1. The predicted octanol–water partition coefficient (Wildman–Crippen LogP) is 3.37. The molecule has 0 bridgehead atoms. The molecular formula is C18H18N2O4. The lowest BCUT2D eigenvalue weighted by atomic mass is 9.93. The topological polar surface area (TPSA) is 77.0 Å². The summed E-state index contributed by atoms with van der Waals surface area (Å²) < 4.78 is 7.12. The van der Waals surface area contributed by atoms with E-state index in [0.29, 0.717) is 5.75 Å². The van der Waals surface area contributed by atoms with Crippen molar-refractivity contribution >= 4 is 5.52 Å². The van der Waals surface area contributed by atoms with E-state index in [1.165, 1.54) is 13.2 Å². The zero-order valence-corrected chi connectivity index (χ0v) is 13.5. The van der Waals surface area contributed by atoms with E-state index in [1.807, 2.05) is 41.8 Å². The van der Waals surface area contributed by atoms with Gasteiger partial charge < -0.3 is 14.2 Å². The highest BCUT2D eigenvalue weighted by Crippen LogP contribution is 2.35. The number of ether oxygens (including phenoxy) is 1. The second-order valence-electron chi connectivity index (χ2n) is 5.71. The van der Waals surface area contributed by atoms with Crippen LogP contribution >= 0.6 is 0 Å². The molecule has 0 aliphatic heterocycles. The van der Waals surface area contributed by atoms with E-state index >= 15 is 0 Å². The molecule has 2 heterocycles. The van der Waals surface area contributed by atoms with Crippen molar-refractivity contribution in [2.24, 2.45) is 0 Å². The minimum absolute atomic E-state index is 0.0119. The molecule has 1 aromatic carbocycles. The number of hydrogen-bond acceptors (Lipinski definition) is 4. The molecule has 2 aromatic heterocycles. The number of nitro groups is 1. The van der Waals surface area contributed by atoms with Crippen LogP contribution in [-0.2, 0) is 0 Å². The number of aryl methyl sites for hydroxylation is 1. The highest BCUT2D eigenvalue weighted by Gasteiger charge is 2.26. The Kier molecular flexibility index (Phi) is 4.12. The predicted molar refractivity (Wildman–Crippen MR) is 90.5 cm³/mol. The molecule has 124 valence electrons. The number of aromatic nitrogens is 1. The fourth-order valence-electron chi connectivity index (χ4n) is 3.13. The van der Waals surface area contributed by atoms with Crippen molar-refractivity contribution in [1.29, 1.82) is 0 Å². The van der Waals surface area contributed by atoms with Gasteiger partial charge in [0, 0.05) is 22.3 Å². The summed E-state index contributed by atoms with van der Waals surface area (Å²) in [5, 5.41) is 21.1. The molecule has 6 heteroatoms. The number of pyridine rings is 1. The molecule has 0 spiro atoms. The van der Waals surface area contributed by atoms with Gasteiger partial charge in [0.05, 0.1) is 13.0 Å². The first-order chi connectivity index (χ1) is 11.5. The van der Waals surface area contributed by atoms with Gasteiger partial charge in [-0.15, -0.1) is 0 Å². The molecule has 0 radical (unpaired) electrons. The number of methoxy groups -OCH3 is 1. The number of fused-ring (bicyclic) bond motifs is 1. The summed E-state index contributed by atoms with van der Waals surface area (Å²) >= 11 is 0. The molecule has 24 heavy (non-hydrogen) atoms. The Bertz CT molecular complexity index is 901. The van der Waals surface area contributed by atoms with E-state index in [9.17, 15) is 15.2 Å². The Balaban J connectivity index is 2.19. The maximum absolute atomic E-state index is 11.3. The van der Waals surface area contributed by atoms with Gasteiger partial charge in [0.25, 0.3) is 0 Å². The van der Waals surface area contributed by atoms with Crippen molar-refractivity contribution in [3.05, 3.63) is 75.6 Å². The highest BCUT2D eigenvalue weighted by atomic mass is 16.6. The lowest BCUT2D eigenvalue weighted by molar-refractivity contribution is -0.482. The molecule has 0 aliphatic carbocycles. The van der Waals surface area contributed by atoms with Crippen LogP contribution in [0.25, 0.3) is 5.52 Å². The first-order valence-corrected chi connectivity index (χ1v) is 7.56. The van der Waals surface area contributed by atoms with Crippen LogP contribution in [0, 0.1) is 17.0 Å². The summed E-state index contributed by atoms with van der Waals surface area (Å²) in [4.78, 5) is 10.9. The third-order valence-corrected chi connectivity index (χ3v) is 4.19. The Labute approximate surface area is 139 Å². The molecule has 3 rings (SSSR count). The zero-order chi connectivity index (χ0) is 17.3. The average Bonchev–Trinajstić information content (AvgIpc) is 2.89. The van der Waals surface area contributed by atoms with Gasteiger partial charge in [-0.05, 0) is 48.4 Å². The van der Waals surface area contributed by atoms with Gasteiger partial charge in [-0.3, -0.25) is 10.1 Å². The molecule has 1 atom stereocenters. The minimum atomic E-state index is -0.445. The van der Waals surface area contributed by atoms with Gasteiger partial charge >= 0.3 is 0 Å². The van der Waals surface area contributed by atoms with Crippen molar-refractivity contribution in [2.45, 2.75) is 12.8 Å². The average molecular weight is 326 g/mol. The lowest BCUT2D eigenvalue weighted by Gasteiger charge is -2.17. The number of nitrogens with zero attached hydrogens (tertiary/aromatic N) is 2. The van der Waals surface area contributed by atoms with Crippen LogP contribution in [0.15, 0.2) is 48.7 Å². The monoisotopic (exact) mass is 326 g/mol. The van der Waals surface area contributed by atoms with Crippen molar-refractivity contribution < 1.29 is 14.8 Å². The van der Waals surface area contributed by atoms with Crippen LogP contribution in [-0.4, -0.2) is 28.1 Å². The second-order valence-corrected chi connectivity index (χ2v) is 5.71. The van der Waals surface area contributed by atoms with Crippen molar-refractivity contribution in [1.82, 2.24) is 4.40 Å². The first-order valence-electron chi connectivity index (χ1n) is 7.56. The molecule has 0 saturated heterocycles. The summed E-state index contributed by atoms with van der Waals surface area (Å²) in [7, 11) is 1.46.